The van der Waals surface area contributed by atoms with E-state index in [0.29, 0.717) is 0 Å². The number of nitrogens with zero attached hydrogens (tertiary/aromatic N) is 2. The van der Waals surface area contributed by atoms with Crippen LogP contribution in [0.4, 0.5) is 8.78 Å². The van der Waals surface area contributed by atoms with E-state index in [-0.39, 0.29) is 20.5 Å². The van der Waals surface area contributed by atoms with Gasteiger partial charge >= 0.3 is 0 Å². The predicted molar refractivity (Wildman–Crippen MR) is 52.5 cm³/mol. The van der Waals surface area contributed by atoms with E-state index >= 15 is 0 Å². The molecular formula is C8H5F2IN2O. The average Bonchev–Trinajstić information content (AvgIpc) is 2.16. The summed E-state index contributed by atoms with van der Waals surface area (Å²) in [6.45, 7) is -0.466. The summed E-state index contributed by atoms with van der Waals surface area (Å²) in [7, 11) is 0. The van der Waals surface area contributed by atoms with Crippen molar-refractivity contribution in [1.29, 1.82) is 5.26 Å². The first-order valence-electron chi connectivity index (χ1n) is 3.58. The number of aliphatic hydroxyl groups is 1. The van der Waals surface area contributed by atoms with Gasteiger partial charge in [0.1, 0.15) is 15.5 Å². The molecule has 0 bridgehead atoms. The summed E-state index contributed by atoms with van der Waals surface area (Å²) in [5.41, 5.74) is -0.141. The van der Waals surface area contributed by atoms with Gasteiger partial charge in [-0.1, -0.05) is 0 Å². The van der Waals surface area contributed by atoms with Crippen LogP contribution < -0.4 is 0 Å². The first kappa shape index (κ1) is 11.3. The first-order chi connectivity index (χ1) is 6.60. The Morgan fingerprint density at radius 2 is 2.29 bits per heavy atom. The van der Waals surface area contributed by atoms with E-state index in [9.17, 15) is 8.78 Å². The van der Waals surface area contributed by atoms with Gasteiger partial charge in [0.15, 0.2) is 0 Å². The Balaban J connectivity index is 3.32. The van der Waals surface area contributed by atoms with Crippen LogP contribution in [0.25, 0.3) is 0 Å². The molecule has 0 unspecified atom stereocenters. The minimum atomic E-state index is -2.65. The minimum Gasteiger partial charge on any atom is -0.392 e. The second kappa shape index (κ2) is 4.61. The molecule has 1 aromatic heterocycles. The molecule has 0 fully saturated rings. The van der Waals surface area contributed by atoms with Gasteiger partial charge in [-0.05, 0) is 28.7 Å². The van der Waals surface area contributed by atoms with Crippen molar-refractivity contribution in [2.75, 3.05) is 0 Å². The van der Waals surface area contributed by atoms with Gasteiger partial charge < -0.3 is 5.11 Å². The van der Waals surface area contributed by atoms with Crippen molar-refractivity contribution in [2.45, 2.75) is 13.0 Å². The molecule has 0 aliphatic heterocycles. The molecule has 0 aliphatic carbocycles. The van der Waals surface area contributed by atoms with Crippen LogP contribution in [0.5, 0.6) is 0 Å². The topological polar surface area (TPSA) is 56.9 Å². The fourth-order valence-corrected chi connectivity index (χ4v) is 1.55. The van der Waals surface area contributed by atoms with Crippen LogP contribution in [0, 0.1) is 15.0 Å². The van der Waals surface area contributed by atoms with E-state index in [0.717, 1.165) is 6.07 Å². The van der Waals surface area contributed by atoms with Gasteiger partial charge in [-0.25, -0.2) is 13.8 Å². The van der Waals surface area contributed by atoms with E-state index in [1.165, 1.54) is 0 Å². The molecule has 1 aromatic rings. The highest BCUT2D eigenvalue weighted by Crippen LogP contribution is 2.25. The van der Waals surface area contributed by atoms with E-state index in [2.05, 4.69) is 4.98 Å². The minimum absolute atomic E-state index is 0.0127. The summed E-state index contributed by atoms with van der Waals surface area (Å²) in [5.74, 6) is 0. The lowest BCUT2D eigenvalue weighted by Gasteiger charge is -2.06. The number of aliphatic hydroxyl groups excluding tert-OH is 1. The molecule has 0 saturated carbocycles. The lowest BCUT2D eigenvalue weighted by Crippen LogP contribution is -2.01. The van der Waals surface area contributed by atoms with Crippen molar-refractivity contribution in [2.24, 2.45) is 0 Å². The highest BCUT2D eigenvalue weighted by atomic mass is 127. The quantitative estimate of drug-likeness (QED) is 0.671. The van der Waals surface area contributed by atoms with Crippen LogP contribution in [0.2, 0.25) is 0 Å². The van der Waals surface area contributed by atoms with Crippen molar-refractivity contribution >= 4 is 22.6 Å². The third-order valence-electron chi connectivity index (χ3n) is 1.59. The standard InChI is InChI=1S/C8H5F2IN2O/c9-7(10)5-1-4(3-14)6(2-12)13-8(5)11/h1,7,14H,3H2. The maximum absolute atomic E-state index is 12.4. The first-order valence-corrected chi connectivity index (χ1v) is 4.66. The Labute approximate surface area is 92.5 Å². The molecular weight excluding hydrogens is 305 g/mol. The maximum atomic E-state index is 12.4. The molecule has 1 heterocycles. The van der Waals surface area contributed by atoms with E-state index < -0.39 is 13.0 Å². The van der Waals surface area contributed by atoms with Crippen LogP contribution >= 0.6 is 22.6 Å². The van der Waals surface area contributed by atoms with Crippen LogP contribution in [-0.4, -0.2) is 10.1 Å². The van der Waals surface area contributed by atoms with Gasteiger partial charge in [0.2, 0.25) is 0 Å². The second-order valence-electron chi connectivity index (χ2n) is 2.45. The number of hydrogen-bond acceptors (Lipinski definition) is 3. The molecule has 0 amide bonds. The number of hydrogen-bond donors (Lipinski definition) is 1. The summed E-state index contributed by atoms with van der Waals surface area (Å²) in [6, 6.07) is 2.84. The number of aromatic nitrogens is 1. The molecule has 0 aliphatic rings. The summed E-state index contributed by atoms with van der Waals surface area (Å²) < 4.78 is 24.8. The second-order valence-corrected chi connectivity index (χ2v) is 3.47. The summed E-state index contributed by atoms with van der Waals surface area (Å²) >= 11 is 1.63. The molecule has 1 N–H and O–H groups in total. The molecule has 74 valence electrons. The molecule has 1 rings (SSSR count). The number of alkyl halides is 2. The van der Waals surface area contributed by atoms with Gasteiger partial charge in [-0.2, -0.15) is 5.26 Å². The Hall–Kier alpha value is -0.810. The molecule has 14 heavy (non-hydrogen) atoms. The van der Waals surface area contributed by atoms with Gasteiger partial charge in [-0.3, -0.25) is 0 Å². The highest BCUT2D eigenvalue weighted by molar-refractivity contribution is 14.1. The van der Waals surface area contributed by atoms with Crippen molar-refractivity contribution in [1.82, 2.24) is 4.98 Å². The molecule has 0 atom stereocenters. The zero-order chi connectivity index (χ0) is 10.7. The zero-order valence-electron chi connectivity index (χ0n) is 6.84. The SMILES string of the molecule is N#Cc1nc(I)c(C(F)F)cc1CO. The number of pyridine rings is 1. The van der Waals surface area contributed by atoms with Crippen molar-refractivity contribution < 1.29 is 13.9 Å². The van der Waals surface area contributed by atoms with Crippen molar-refractivity contribution in [3.63, 3.8) is 0 Å². The monoisotopic (exact) mass is 310 g/mol. The Bertz CT molecular complexity index is 389. The average molecular weight is 310 g/mol. The highest BCUT2D eigenvalue weighted by Gasteiger charge is 2.16. The fourth-order valence-electron chi connectivity index (χ4n) is 0.920. The zero-order valence-corrected chi connectivity index (χ0v) is 8.99. The number of rotatable bonds is 2. The lowest BCUT2D eigenvalue weighted by atomic mass is 10.1. The van der Waals surface area contributed by atoms with Gasteiger partial charge in [0.05, 0.1) is 12.2 Å². The van der Waals surface area contributed by atoms with Crippen LogP contribution in [0.1, 0.15) is 23.2 Å². The van der Waals surface area contributed by atoms with E-state index in [1.54, 1.807) is 28.7 Å². The molecule has 0 saturated heterocycles. The Morgan fingerprint density at radius 3 is 2.71 bits per heavy atom. The molecule has 0 aromatic carbocycles. The molecule has 0 radical (unpaired) electrons. The Morgan fingerprint density at radius 1 is 1.64 bits per heavy atom. The van der Waals surface area contributed by atoms with Crippen molar-refractivity contribution in [3.05, 3.63) is 26.6 Å². The van der Waals surface area contributed by atoms with Crippen LogP contribution in [0.15, 0.2) is 6.07 Å². The van der Waals surface area contributed by atoms with E-state index in [1.807, 2.05) is 0 Å². The molecule has 6 heteroatoms. The van der Waals surface area contributed by atoms with Crippen molar-refractivity contribution in [3.8, 4) is 6.07 Å². The summed E-state index contributed by atoms with van der Waals surface area (Å²) in [5, 5.41) is 17.4. The van der Waals surface area contributed by atoms with Crippen LogP contribution in [-0.2, 0) is 6.61 Å². The van der Waals surface area contributed by atoms with Gasteiger partial charge in [0, 0.05) is 5.56 Å². The normalized spacial score (nSPS) is 10.3. The largest absolute Gasteiger partial charge is 0.392 e. The maximum Gasteiger partial charge on any atom is 0.266 e. The summed E-state index contributed by atoms with van der Waals surface area (Å²) in [6.07, 6.45) is -2.65. The number of halogens is 3. The van der Waals surface area contributed by atoms with E-state index in [4.69, 9.17) is 10.4 Å². The van der Waals surface area contributed by atoms with Gasteiger partial charge in [-0.15, -0.1) is 0 Å². The Kier molecular flexibility index (Phi) is 3.71. The fraction of sp³-hybridized carbons (Fsp3) is 0.250. The lowest BCUT2D eigenvalue weighted by molar-refractivity contribution is 0.149. The molecule has 3 nitrogen and oxygen atoms in total. The number of nitriles is 1. The van der Waals surface area contributed by atoms with Crippen LogP contribution in [0.3, 0.4) is 0 Å². The smallest absolute Gasteiger partial charge is 0.266 e. The predicted octanol–water partition coefficient (Wildman–Crippen LogP) is 1.99. The third-order valence-corrected chi connectivity index (χ3v) is 2.46. The van der Waals surface area contributed by atoms with Gasteiger partial charge in [0.25, 0.3) is 6.43 Å². The third kappa shape index (κ3) is 2.16. The molecule has 0 spiro atoms. The summed E-state index contributed by atoms with van der Waals surface area (Å²) in [4.78, 5) is 3.67.